The van der Waals surface area contributed by atoms with Crippen LogP contribution in [0.15, 0.2) is 443 Å². The lowest BCUT2D eigenvalue weighted by Crippen LogP contribution is -2.01. The summed E-state index contributed by atoms with van der Waals surface area (Å²) >= 11 is 0. The lowest BCUT2D eigenvalue weighted by atomic mass is 9.89. The Labute approximate surface area is 749 Å². The topological polar surface area (TPSA) is 90.2 Å². The molecule has 0 saturated heterocycles. The fourth-order valence-electron chi connectivity index (χ4n) is 20.9. The van der Waals surface area contributed by atoms with Crippen LogP contribution in [-0.2, 0) is 0 Å². The largest absolute Gasteiger partial charge is 0.237 e. The Morgan fingerprint density at radius 2 is 0.408 bits per heavy atom. The minimum atomic E-state index is 0.666. The number of hydrogen-bond acceptors (Lipinski definition) is 7. The first-order valence-corrected chi connectivity index (χ1v) is 44.3. The average molecular weight is 1650 g/mol. The predicted molar refractivity (Wildman–Crippen MR) is 541 cm³/mol. The highest BCUT2D eigenvalue weighted by molar-refractivity contribution is 6.31. The van der Waals surface area contributed by atoms with E-state index in [2.05, 4.69) is 408 Å². The van der Waals surface area contributed by atoms with Crippen LogP contribution >= 0.6 is 0 Å². The summed E-state index contributed by atoms with van der Waals surface area (Å²) in [5.41, 5.74) is 30.5. The van der Waals surface area contributed by atoms with Gasteiger partial charge < -0.3 is 0 Å². The second-order valence-corrected chi connectivity index (χ2v) is 34.0. The van der Waals surface area contributed by atoms with Gasteiger partial charge in [-0.05, 0) is 292 Å². The molecule has 0 spiro atoms. The summed E-state index contributed by atoms with van der Waals surface area (Å²) in [6.45, 7) is 0. The van der Waals surface area contributed by atoms with Crippen LogP contribution in [0.1, 0.15) is 0 Å². The van der Waals surface area contributed by atoms with Crippen LogP contribution in [0.2, 0.25) is 0 Å². The molecule has 0 saturated carbocycles. The highest BCUT2D eigenvalue weighted by atomic mass is 15.0. The zero-order valence-corrected chi connectivity index (χ0v) is 70.3. The summed E-state index contributed by atoms with van der Waals surface area (Å²) in [4.78, 5) is 33.1. The van der Waals surface area contributed by atoms with Gasteiger partial charge in [0.15, 0.2) is 29.1 Å². The summed E-state index contributed by atoms with van der Waals surface area (Å²) in [7, 11) is 0. The van der Waals surface area contributed by atoms with Gasteiger partial charge in [-0.1, -0.05) is 340 Å². The van der Waals surface area contributed by atoms with Gasteiger partial charge in [-0.15, -0.1) is 0 Å². The van der Waals surface area contributed by atoms with E-state index in [4.69, 9.17) is 15.0 Å². The Kier molecular flexibility index (Phi) is 17.2. The van der Waals surface area contributed by atoms with Crippen LogP contribution in [0.25, 0.3) is 276 Å². The summed E-state index contributed by atoms with van der Waals surface area (Å²) in [5.74, 6) is 3.50. The van der Waals surface area contributed by atoms with Crippen molar-refractivity contribution in [3.8, 4) is 168 Å². The molecule has 3 heterocycles. The van der Waals surface area contributed by atoms with Crippen molar-refractivity contribution >= 4 is 108 Å². The van der Waals surface area contributed by atoms with Gasteiger partial charge in [-0.3, -0.25) is 0 Å². The third kappa shape index (κ3) is 12.2. The van der Waals surface area contributed by atoms with Gasteiger partial charge in [0, 0.05) is 58.0 Å². The zero-order chi connectivity index (χ0) is 85.4. The van der Waals surface area contributed by atoms with E-state index in [9.17, 15) is 0 Å². The Morgan fingerprint density at radius 3 is 0.892 bits per heavy atom. The van der Waals surface area contributed by atoms with Gasteiger partial charge in [-0.25, -0.2) is 34.9 Å². The van der Waals surface area contributed by atoms with Crippen molar-refractivity contribution in [1.82, 2.24) is 34.9 Å². The van der Waals surface area contributed by atoms with Crippen molar-refractivity contribution in [2.45, 2.75) is 0 Å². The molecule has 22 aromatic carbocycles. The lowest BCUT2D eigenvalue weighted by Gasteiger charge is -2.15. The molecule has 28 rings (SSSR count). The minimum Gasteiger partial charge on any atom is -0.237 e. The predicted octanol–water partition coefficient (Wildman–Crippen LogP) is 32.3. The van der Waals surface area contributed by atoms with Crippen molar-refractivity contribution in [2.24, 2.45) is 0 Å². The van der Waals surface area contributed by atoms with Crippen molar-refractivity contribution in [3.05, 3.63) is 443 Å². The highest BCUT2D eigenvalue weighted by Crippen LogP contribution is 2.57. The summed E-state index contributed by atoms with van der Waals surface area (Å²) in [6.07, 6.45) is 7.16. The number of nitrogens with zero attached hydrogens (tertiary/aromatic N) is 7. The number of aromatic nitrogens is 7. The second-order valence-electron chi connectivity index (χ2n) is 34.0. The lowest BCUT2D eigenvalue weighted by molar-refractivity contribution is 1.08. The van der Waals surface area contributed by atoms with Gasteiger partial charge in [0.1, 0.15) is 0 Å². The minimum absolute atomic E-state index is 0.666. The van der Waals surface area contributed by atoms with Gasteiger partial charge in [0.05, 0.1) is 0 Å². The molecule has 0 atom stereocenters. The molecule has 25 aromatic rings. The molecule has 3 aliphatic carbocycles. The maximum absolute atomic E-state index is 5.17. The molecular weight excluding hydrogens is 1580 g/mol. The van der Waals surface area contributed by atoms with Crippen LogP contribution in [0, 0.1) is 0 Å². The van der Waals surface area contributed by atoms with Gasteiger partial charge in [-0.2, -0.15) is 0 Å². The average Bonchev–Trinajstić information content (AvgIpc) is 1.55. The van der Waals surface area contributed by atoms with E-state index in [0.717, 1.165) is 44.9 Å². The number of rotatable bonds is 9. The number of fused-ring (bicyclic) bond motifs is 19. The Balaban J connectivity index is 0.000000103. The van der Waals surface area contributed by atoms with E-state index < -0.39 is 0 Å². The van der Waals surface area contributed by atoms with E-state index in [0.29, 0.717) is 17.5 Å². The van der Waals surface area contributed by atoms with E-state index in [1.165, 1.54) is 214 Å². The van der Waals surface area contributed by atoms with E-state index in [1.807, 2.05) is 30.3 Å². The van der Waals surface area contributed by atoms with Crippen LogP contribution < -0.4 is 0 Å². The molecule has 0 N–H and O–H groups in total. The van der Waals surface area contributed by atoms with Crippen LogP contribution in [-0.4, -0.2) is 34.9 Å². The molecule has 0 aliphatic heterocycles. The first kappa shape index (κ1) is 74.1. The fraction of sp³-hybridized carbons (Fsp3) is 0. The molecule has 0 fully saturated rings. The third-order valence-electron chi connectivity index (χ3n) is 26.8. The van der Waals surface area contributed by atoms with Crippen molar-refractivity contribution in [3.63, 3.8) is 0 Å². The molecule has 600 valence electrons. The number of hydrogen-bond donors (Lipinski definition) is 0. The normalized spacial score (nSPS) is 11.8. The van der Waals surface area contributed by atoms with Gasteiger partial charge in [0.25, 0.3) is 0 Å². The quantitative estimate of drug-likeness (QED) is 0.133. The molecule has 0 radical (unpaired) electrons. The number of benzene rings is 22. The van der Waals surface area contributed by atoms with Crippen molar-refractivity contribution in [2.75, 3.05) is 0 Å². The van der Waals surface area contributed by atoms with Crippen LogP contribution in [0.5, 0.6) is 0 Å². The van der Waals surface area contributed by atoms with E-state index in [1.54, 1.807) is 24.8 Å². The fourth-order valence-corrected chi connectivity index (χ4v) is 20.9. The second kappa shape index (κ2) is 30.2. The summed E-state index contributed by atoms with van der Waals surface area (Å²) < 4.78 is 0. The smallest absolute Gasteiger partial charge is 0.164 e. The summed E-state index contributed by atoms with van der Waals surface area (Å²) in [5, 5.41) is 25.1. The Hall–Kier alpha value is -17.4. The monoisotopic (exact) mass is 1650 g/mol. The first-order valence-electron chi connectivity index (χ1n) is 44.3. The van der Waals surface area contributed by atoms with E-state index >= 15 is 0 Å². The molecule has 0 amide bonds. The molecule has 130 heavy (non-hydrogen) atoms. The molecular formula is C123H73N7. The summed E-state index contributed by atoms with van der Waals surface area (Å²) in [6, 6.07) is 151. The molecule has 3 aromatic heterocycles. The Morgan fingerprint density at radius 1 is 0.115 bits per heavy atom. The maximum atomic E-state index is 5.17. The van der Waals surface area contributed by atoms with Crippen molar-refractivity contribution in [1.29, 1.82) is 0 Å². The van der Waals surface area contributed by atoms with Gasteiger partial charge in [0.2, 0.25) is 0 Å². The van der Waals surface area contributed by atoms with Crippen LogP contribution in [0.4, 0.5) is 0 Å². The SMILES string of the molecule is c1ccc(-c2nc(-c3ccc4ccccc4c3)nc(-c3ccc4c5c(cc6ccccc6c35)-c3ccccc3-4)n2)cc1.c1cnc(-c2ccc3c(-c4cccc(-c5ccc6c7c(cc8ccccc8c57)-c5cc7ccccc7cc5-6)c4)cccc3c2)nc1.c1cnc(-c2ccc3c(-c4cccc(-c5ccc6c7c(cc8ccccc8c57)-c5ccccc5-6)c4)cccc3c2)nc1. The van der Waals surface area contributed by atoms with E-state index in [-0.39, 0.29) is 0 Å². The maximum Gasteiger partial charge on any atom is 0.164 e. The van der Waals surface area contributed by atoms with Gasteiger partial charge >= 0.3 is 0 Å². The zero-order valence-electron chi connectivity index (χ0n) is 70.3. The van der Waals surface area contributed by atoms with Crippen LogP contribution in [0.3, 0.4) is 0 Å². The standard InChI is InChI=1S/C44H26N2.C40H24N2.C39H23N3/c1-2-9-28-25-40-39(24-27(28)8-1)38-19-18-37(42-36-14-4-3-10-32(36)26-41(40)43(38)42)31-12-5-11-29(22-31)34-15-6-13-30-23-33(16-17-35(30)34)44-45-20-7-21-46-44;1-2-12-32-28(8-1)24-37-35-14-4-3-13-34(35)36-19-18-33(38(32)39(36)37)27-10-5-9-25(22-27)30-15-6-11-26-23-29(16-17-31(26)30)40-41-20-7-21-42-40;1-2-11-25(12-3-1)37-40-38(28-19-18-24-10-4-5-13-26(24)22-28)42-39(41-37)33-21-20-32-30-16-8-9-17-31(30)34-23-27-14-6-7-15-29(27)35(33)36(32)34/h1-26H;1-24H;1-23H. The highest BCUT2D eigenvalue weighted by Gasteiger charge is 2.30. The Bertz CT molecular complexity index is 9060. The molecule has 3 aliphatic rings. The molecule has 7 nitrogen and oxygen atoms in total. The molecule has 0 bridgehead atoms. The molecule has 0 unspecified atom stereocenters. The third-order valence-corrected chi connectivity index (χ3v) is 26.8. The molecule has 7 heteroatoms. The van der Waals surface area contributed by atoms with Crippen molar-refractivity contribution < 1.29 is 0 Å². The first-order chi connectivity index (χ1) is 64.4.